The Bertz CT molecular complexity index is 1110. The van der Waals surface area contributed by atoms with Gasteiger partial charge in [-0.1, -0.05) is 48.5 Å². The number of fused-ring (bicyclic) bond motifs is 1. The van der Waals surface area contributed by atoms with Crippen molar-refractivity contribution in [2.45, 2.75) is 13.0 Å². The van der Waals surface area contributed by atoms with E-state index in [9.17, 15) is 9.90 Å². The van der Waals surface area contributed by atoms with Gasteiger partial charge in [0.1, 0.15) is 23.9 Å². The maximum atomic E-state index is 12.3. The first-order valence-corrected chi connectivity index (χ1v) is 9.44. The number of furan rings is 1. The Balaban J connectivity index is 1.32. The van der Waals surface area contributed by atoms with Gasteiger partial charge in [-0.2, -0.15) is 0 Å². The lowest BCUT2D eigenvalue weighted by Crippen LogP contribution is -2.25. The summed E-state index contributed by atoms with van der Waals surface area (Å²) in [6.45, 7) is 0.723. The summed E-state index contributed by atoms with van der Waals surface area (Å²) in [5.41, 5.74) is 1.03. The number of aromatic hydroxyl groups is 1. The zero-order chi connectivity index (χ0) is 20.1. The highest BCUT2D eigenvalue weighted by Gasteiger charge is 2.11. The SMILES string of the molecule is O=C(NCCc1ccc(O)cc1)c1ccc(COc2cccc3ccccc23)o1. The molecule has 4 rings (SSSR count). The Morgan fingerprint density at radius 1 is 0.931 bits per heavy atom. The molecule has 0 saturated heterocycles. The van der Waals surface area contributed by atoms with Crippen LogP contribution in [0.15, 0.2) is 83.3 Å². The first-order valence-electron chi connectivity index (χ1n) is 9.44. The molecular formula is C24H21NO4. The van der Waals surface area contributed by atoms with E-state index in [1.165, 1.54) is 0 Å². The number of hydrogen-bond acceptors (Lipinski definition) is 4. The Kier molecular flexibility index (Phi) is 5.47. The molecule has 1 aromatic heterocycles. The van der Waals surface area contributed by atoms with Gasteiger partial charge in [0.05, 0.1) is 0 Å². The molecule has 0 atom stereocenters. The van der Waals surface area contributed by atoms with Gasteiger partial charge in [-0.05, 0) is 47.7 Å². The lowest BCUT2D eigenvalue weighted by atomic mass is 10.1. The summed E-state index contributed by atoms with van der Waals surface area (Å²) in [4.78, 5) is 12.3. The minimum Gasteiger partial charge on any atom is -0.508 e. The second-order valence-electron chi connectivity index (χ2n) is 6.70. The summed E-state index contributed by atoms with van der Waals surface area (Å²) in [5.74, 6) is 1.58. The van der Waals surface area contributed by atoms with E-state index >= 15 is 0 Å². The van der Waals surface area contributed by atoms with Crippen LogP contribution in [0.4, 0.5) is 0 Å². The lowest BCUT2D eigenvalue weighted by molar-refractivity contribution is 0.0922. The minimum absolute atomic E-state index is 0.228. The summed E-state index contributed by atoms with van der Waals surface area (Å²) in [6.07, 6.45) is 0.670. The molecule has 4 aromatic rings. The summed E-state index contributed by atoms with van der Waals surface area (Å²) < 4.78 is 11.5. The van der Waals surface area contributed by atoms with Gasteiger partial charge in [0, 0.05) is 11.9 Å². The van der Waals surface area contributed by atoms with Crippen LogP contribution >= 0.6 is 0 Å². The fourth-order valence-electron chi connectivity index (χ4n) is 3.12. The Morgan fingerprint density at radius 2 is 1.72 bits per heavy atom. The van der Waals surface area contributed by atoms with Crippen LogP contribution < -0.4 is 10.1 Å². The number of ether oxygens (including phenoxy) is 1. The molecule has 0 bridgehead atoms. The van der Waals surface area contributed by atoms with Crippen molar-refractivity contribution >= 4 is 16.7 Å². The number of benzene rings is 3. The number of rotatable bonds is 7. The van der Waals surface area contributed by atoms with Crippen molar-refractivity contribution in [2.24, 2.45) is 0 Å². The first kappa shape index (κ1) is 18.6. The molecule has 2 N–H and O–H groups in total. The van der Waals surface area contributed by atoms with E-state index in [1.807, 2.05) is 54.6 Å². The average molecular weight is 387 g/mol. The van der Waals surface area contributed by atoms with Gasteiger partial charge in [-0.3, -0.25) is 4.79 Å². The molecule has 0 unspecified atom stereocenters. The van der Waals surface area contributed by atoms with Gasteiger partial charge in [-0.15, -0.1) is 0 Å². The smallest absolute Gasteiger partial charge is 0.287 e. The lowest BCUT2D eigenvalue weighted by Gasteiger charge is -2.08. The average Bonchev–Trinajstić information content (AvgIpc) is 3.23. The molecular weight excluding hydrogens is 366 g/mol. The second kappa shape index (κ2) is 8.52. The van der Waals surface area contributed by atoms with E-state index in [-0.39, 0.29) is 24.0 Å². The predicted octanol–water partition coefficient (Wildman–Crippen LogP) is 4.69. The van der Waals surface area contributed by atoms with Crippen LogP contribution in [0, 0.1) is 0 Å². The van der Waals surface area contributed by atoms with Crippen LogP contribution in [0.3, 0.4) is 0 Å². The van der Waals surface area contributed by atoms with Crippen LogP contribution in [0.25, 0.3) is 10.8 Å². The standard InChI is InChI=1S/C24H21NO4/c26-19-10-8-17(9-11-19)14-15-25-24(27)23-13-12-20(29-23)16-28-22-7-3-5-18-4-1-2-6-21(18)22/h1-13,26H,14-16H2,(H,25,27). The highest BCUT2D eigenvalue weighted by molar-refractivity contribution is 5.91. The fourth-order valence-corrected chi connectivity index (χ4v) is 3.12. The largest absolute Gasteiger partial charge is 0.508 e. The second-order valence-corrected chi connectivity index (χ2v) is 6.70. The Labute approximate surface area is 168 Å². The van der Waals surface area contributed by atoms with Crippen molar-refractivity contribution in [3.05, 3.63) is 95.9 Å². The van der Waals surface area contributed by atoms with Crippen molar-refractivity contribution in [1.29, 1.82) is 0 Å². The molecule has 0 saturated carbocycles. The number of carbonyl (C=O) groups is 1. The van der Waals surface area contributed by atoms with Gasteiger partial charge in [-0.25, -0.2) is 0 Å². The third kappa shape index (κ3) is 4.58. The molecule has 0 aliphatic rings. The van der Waals surface area contributed by atoms with Crippen molar-refractivity contribution < 1.29 is 19.1 Å². The van der Waals surface area contributed by atoms with Crippen molar-refractivity contribution in [2.75, 3.05) is 6.54 Å². The topological polar surface area (TPSA) is 71.7 Å². The van der Waals surface area contributed by atoms with Gasteiger partial charge >= 0.3 is 0 Å². The van der Waals surface area contributed by atoms with Crippen LogP contribution in [0.5, 0.6) is 11.5 Å². The van der Waals surface area contributed by atoms with Crippen LogP contribution in [0.1, 0.15) is 21.9 Å². The zero-order valence-corrected chi connectivity index (χ0v) is 15.8. The summed E-state index contributed by atoms with van der Waals surface area (Å²) >= 11 is 0. The Hall–Kier alpha value is -3.73. The molecule has 1 heterocycles. The van der Waals surface area contributed by atoms with E-state index in [0.717, 1.165) is 22.1 Å². The maximum absolute atomic E-state index is 12.3. The summed E-state index contributed by atoms with van der Waals surface area (Å²) in [5, 5.41) is 14.3. The number of phenols is 1. The summed E-state index contributed by atoms with van der Waals surface area (Å²) in [7, 11) is 0. The third-order valence-electron chi connectivity index (χ3n) is 4.64. The monoisotopic (exact) mass is 387 g/mol. The van der Waals surface area contributed by atoms with Gasteiger partial charge in [0.2, 0.25) is 0 Å². The number of hydrogen-bond donors (Lipinski definition) is 2. The zero-order valence-electron chi connectivity index (χ0n) is 15.8. The highest BCUT2D eigenvalue weighted by atomic mass is 16.5. The van der Waals surface area contributed by atoms with Crippen LogP contribution in [0.2, 0.25) is 0 Å². The molecule has 0 fully saturated rings. The Morgan fingerprint density at radius 3 is 2.59 bits per heavy atom. The summed E-state index contributed by atoms with van der Waals surface area (Å²) in [6, 6.07) is 24.2. The quantitative estimate of drug-likeness (QED) is 0.483. The molecule has 5 nitrogen and oxygen atoms in total. The molecule has 146 valence electrons. The number of phenolic OH excluding ortho intramolecular Hbond substituents is 1. The number of carbonyl (C=O) groups excluding carboxylic acids is 1. The third-order valence-corrected chi connectivity index (χ3v) is 4.64. The molecule has 29 heavy (non-hydrogen) atoms. The van der Waals surface area contributed by atoms with E-state index in [0.29, 0.717) is 18.7 Å². The maximum Gasteiger partial charge on any atom is 0.287 e. The van der Waals surface area contributed by atoms with Crippen LogP contribution in [-0.2, 0) is 13.0 Å². The molecule has 0 aliphatic carbocycles. The normalized spacial score (nSPS) is 10.8. The van der Waals surface area contributed by atoms with E-state index in [2.05, 4.69) is 5.32 Å². The molecule has 0 radical (unpaired) electrons. The van der Waals surface area contributed by atoms with Crippen LogP contribution in [-0.4, -0.2) is 17.6 Å². The molecule has 0 spiro atoms. The van der Waals surface area contributed by atoms with Crippen molar-refractivity contribution in [1.82, 2.24) is 5.32 Å². The van der Waals surface area contributed by atoms with Gasteiger partial charge in [0.15, 0.2) is 5.76 Å². The molecule has 0 aliphatic heterocycles. The van der Waals surface area contributed by atoms with E-state index in [1.54, 1.807) is 24.3 Å². The predicted molar refractivity (Wildman–Crippen MR) is 111 cm³/mol. The highest BCUT2D eigenvalue weighted by Crippen LogP contribution is 2.26. The number of amides is 1. The molecule has 3 aromatic carbocycles. The van der Waals surface area contributed by atoms with Crippen molar-refractivity contribution in [3.8, 4) is 11.5 Å². The van der Waals surface area contributed by atoms with Crippen molar-refractivity contribution in [3.63, 3.8) is 0 Å². The minimum atomic E-state index is -0.264. The molecule has 1 amide bonds. The number of nitrogens with one attached hydrogen (secondary N) is 1. The van der Waals surface area contributed by atoms with E-state index < -0.39 is 0 Å². The first-order chi connectivity index (χ1) is 14.2. The van der Waals surface area contributed by atoms with Gasteiger partial charge in [0.25, 0.3) is 5.91 Å². The van der Waals surface area contributed by atoms with Gasteiger partial charge < -0.3 is 19.6 Å². The molecule has 5 heteroatoms. The fraction of sp³-hybridized carbons (Fsp3) is 0.125. The van der Waals surface area contributed by atoms with E-state index in [4.69, 9.17) is 9.15 Å².